The summed E-state index contributed by atoms with van der Waals surface area (Å²) in [5, 5.41) is 0. The Morgan fingerprint density at radius 2 is 1.33 bits per heavy atom. The monoisotopic (exact) mass is 721 g/mol. The van der Waals surface area contributed by atoms with Gasteiger partial charge in [0.25, 0.3) is 0 Å². The van der Waals surface area contributed by atoms with E-state index in [1.54, 1.807) is 0 Å². The van der Waals surface area contributed by atoms with Gasteiger partial charge in [0.1, 0.15) is 6.10 Å². The predicted molar refractivity (Wildman–Crippen MR) is 225 cm³/mol. The molecule has 0 spiro atoms. The molecular weight excluding hydrogens is 633 g/mol. The van der Waals surface area contributed by atoms with E-state index in [4.69, 9.17) is 4.74 Å². The van der Waals surface area contributed by atoms with Crippen LogP contribution in [0.25, 0.3) is 0 Å². The lowest BCUT2D eigenvalue weighted by Gasteiger charge is -2.64. The first-order valence-corrected chi connectivity index (χ1v) is 23.3. The van der Waals surface area contributed by atoms with Crippen molar-refractivity contribution in [2.24, 2.45) is 45.3 Å². The smallest absolute Gasteiger partial charge is 0.306 e. The number of allylic oxidation sites excluding steroid dienone is 4. The molecule has 0 aliphatic heterocycles. The second-order valence-electron chi connectivity index (χ2n) is 20.5. The highest BCUT2D eigenvalue weighted by molar-refractivity contribution is 5.69. The summed E-state index contributed by atoms with van der Waals surface area (Å²) < 4.78 is 6.39. The van der Waals surface area contributed by atoms with Crippen molar-refractivity contribution in [2.75, 3.05) is 0 Å². The zero-order chi connectivity index (χ0) is 37.8. The Hall–Kier alpha value is -1.05. The standard InChI is InChI=1S/C50H88O2/c1-10-11-12-13-14-15-16-17-18-19-20-21-22-23-24-25-26-30-46(51)52-45-35-36-48(7)42-34-38-49(8)41(40(4)29-27-28-39(2)3)33-37-50(49,9)43(42)31-32-44(48)47(45,5)6/h28,31,40-42,44-45H,10-27,29-30,32-38H2,1-9H3/t40-,41-,42-,44-,45-,48+,49-,50+/m0/s1. The molecule has 8 atom stereocenters. The number of rotatable bonds is 23. The molecule has 0 saturated heterocycles. The lowest BCUT2D eigenvalue weighted by atomic mass is 9.41. The van der Waals surface area contributed by atoms with E-state index in [0.717, 1.165) is 31.1 Å². The zero-order valence-electron chi connectivity index (χ0n) is 36.4. The van der Waals surface area contributed by atoms with Gasteiger partial charge in [-0.15, -0.1) is 0 Å². The number of carbonyl (C=O) groups is 1. The van der Waals surface area contributed by atoms with E-state index in [0.29, 0.717) is 34.5 Å². The Morgan fingerprint density at radius 1 is 0.769 bits per heavy atom. The van der Waals surface area contributed by atoms with E-state index in [9.17, 15) is 4.79 Å². The average molecular weight is 721 g/mol. The Kier molecular flexibility index (Phi) is 17.0. The van der Waals surface area contributed by atoms with Crippen LogP contribution >= 0.6 is 0 Å². The highest BCUT2D eigenvalue weighted by atomic mass is 16.5. The van der Waals surface area contributed by atoms with E-state index in [1.807, 2.05) is 5.57 Å². The van der Waals surface area contributed by atoms with E-state index in [2.05, 4.69) is 74.5 Å². The molecule has 4 aliphatic rings. The van der Waals surface area contributed by atoms with Gasteiger partial charge in [-0.05, 0) is 118 Å². The molecule has 0 heterocycles. The summed E-state index contributed by atoms with van der Waals surface area (Å²) >= 11 is 0. The fourth-order valence-corrected chi connectivity index (χ4v) is 12.9. The molecule has 2 heteroatoms. The molecule has 300 valence electrons. The molecule has 4 rings (SSSR count). The first-order chi connectivity index (χ1) is 24.8. The Labute approximate surface area is 324 Å². The van der Waals surface area contributed by atoms with Gasteiger partial charge in [-0.25, -0.2) is 0 Å². The van der Waals surface area contributed by atoms with Gasteiger partial charge in [-0.2, -0.15) is 0 Å². The summed E-state index contributed by atoms with van der Waals surface area (Å²) in [7, 11) is 0. The van der Waals surface area contributed by atoms with Gasteiger partial charge in [-0.1, -0.05) is 174 Å². The van der Waals surface area contributed by atoms with Crippen LogP contribution in [0.1, 0.15) is 236 Å². The number of carbonyl (C=O) groups excluding carboxylic acids is 1. The average Bonchev–Trinajstić information content (AvgIpc) is 3.38. The van der Waals surface area contributed by atoms with Gasteiger partial charge in [-0.3, -0.25) is 4.79 Å². The summed E-state index contributed by atoms with van der Waals surface area (Å²) in [6.07, 6.45) is 40.5. The summed E-state index contributed by atoms with van der Waals surface area (Å²) in [6.45, 7) is 22.2. The third-order valence-electron chi connectivity index (χ3n) is 16.5. The number of ether oxygens (including phenoxy) is 1. The molecule has 3 saturated carbocycles. The number of esters is 1. The largest absolute Gasteiger partial charge is 0.462 e. The van der Waals surface area contributed by atoms with Gasteiger partial charge >= 0.3 is 5.97 Å². The number of fused-ring (bicyclic) bond motifs is 5. The summed E-state index contributed by atoms with van der Waals surface area (Å²) in [5.74, 6) is 2.95. The topological polar surface area (TPSA) is 26.3 Å². The third-order valence-corrected chi connectivity index (χ3v) is 16.5. The highest BCUT2D eigenvalue weighted by Crippen LogP contribution is 2.73. The van der Waals surface area contributed by atoms with Gasteiger partial charge in [0.15, 0.2) is 0 Å². The maximum Gasteiger partial charge on any atom is 0.306 e. The molecule has 0 radical (unpaired) electrons. The van der Waals surface area contributed by atoms with Crippen LogP contribution in [-0.2, 0) is 9.53 Å². The van der Waals surface area contributed by atoms with E-state index >= 15 is 0 Å². The van der Waals surface area contributed by atoms with Crippen LogP contribution in [0.3, 0.4) is 0 Å². The zero-order valence-corrected chi connectivity index (χ0v) is 36.4. The molecular formula is C50H88O2. The van der Waals surface area contributed by atoms with Crippen LogP contribution in [-0.4, -0.2) is 12.1 Å². The minimum atomic E-state index is 0.0121. The van der Waals surface area contributed by atoms with Crippen LogP contribution in [0.2, 0.25) is 0 Å². The molecule has 0 N–H and O–H groups in total. The first kappa shape index (κ1) is 43.7. The molecule has 4 aliphatic carbocycles. The molecule has 2 nitrogen and oxygen atoms in total. The molecule has 0 unspecified atom stereocenters. The van der Waals surface area contributed by atoms with Crippen molar-refractivity contribution in [3.8, 4) is 0 Å². The Bertz CT molecular complexity index is 1140. The van der Waals surface area contributed by atoms with E-state index in [1.165, 1.54) is 153 Å². The molecule has 0 aromatic rings. The quantitative estimate of drug-likeness (QED) is 0.0597. The van der Waals surface area contributed by atoms with Crippen LogP contribution in [0, 0.1) is 45.3 Å². The van der Waals surface area contributed by atoms with Crippen LogP contribution in [0.5, 0.6) is 0 Å². The van der Waals surface area contributed by atoms with Gasteiger partial charge in [0, 0.05) is 11.8 Å². The molecule has 3 fully saturated rings. The maximum absolute atomic E-state index is 13.2. The number of hydrogen-bond donors (Lipinski definition) is 0. The summed E-state index contributed by atoms with van der Waals surface area (Å²) in [5.41, 5.74) is 4.36. The molecule has 0 aromatic heterocycles. The molecule has 0 aromatic carbocycles. The fraction of sp³-hybridized carbons (Fsp3) is 0.900. The van der Waals surface area contributed by atoms with Crippen LogP contribution in [0.4, 0.5) is 0 Å². The van der Waals surface area contributed by atoms with Crippen molar-refractivity contribution in [2.45, 2.75) is 242 Å². The third kappa shape index (κ3) is 10.4. The van der Waals surface area contributed by atoms with Gasteiger partial charge < -0.3 is 4.74 Å². The normalized spacial score (nSPS) is 32.7. The second kappa shape index (κ2) is 20.2. The van der Waals surface area contributed by atoms with Crippen molar-refractivity contribution in [3.05, 3.63) is 23.3 Å². The number of hydrogen-bond acceptors (Lipinski definition) is 2. The Morgan fingerprint density at radius 3 is 1.88 bits per heavy atom. The van der Waals surface area contributed by atoms with Crippen molar-refractivity contribution in [1.82, 2.24) is 0 Å². The lowest BCUT2D eigenvalue weighted by Crippen LogP contribution is -2.58. The van der Waals surface area contributed by atoms with Crippen molar-refractivity contribution in [1.29, 1.82) is 0 Å². The van der Waals surface area contributed by atoms with Gasteiger partial charge in [0.05, 0.1) is 0 Å². The minimum absolute atomic E-state index is 0.0121. The maximum atomic E-state index is 13.2. The second-order valence-corrected chi connectivity index (χ2v) is 20.5. The van der Waals surface area contributed by atoms with Crippen molar-refractivity contribution in [3.63, 3.8) is 0 Å². The number of unbranched alkanes of at least 4 members (excludes halogenated alkanes) is 16. The molecule has 0 amide bonds. The van der Waals surface area contributed by atoms with E-state index in [-0.39, 0.29) is 17.5 Å². The highest BCUT2D eigenvalue weighted by Gasteiger charge is 2.65. The summed E-state index contributed by atoms with van der Waals surface area (Å²) in [4.78, 5) is 13.2. The lowest BCUT2D eigenvalue weighted by molar-refractivity contribution is -0.177. The fourth-order valence-electron chi connectivity index (χ4n) is 12.9. The SMILES string of the molecule is CCCCCCCCCCCCCCCCCCCC(=O)O[C@H]1CC[C@]2(C)[C@H]3CC[C@@]4(C)[C@H]([C@@H](C)CCC=C(C)C)CC[C@]4(C)C3=CC[C@H]2C1(C)C. The van der Waals surface area contributed by atoms with Crippen molar-refractivity contribution >= 4 is 5.97 Å². The molecule has 52 heavy (non-hydrogen) atoms. The molecule has 0 bridgehead atoms. The summed E-state index contributed by atoms with van der Waals surface area (Å²) in [6, 6.07) is 0. The van der Waals surface area contributed by atoms with Crippen LogP contribution in [0.15, 0.2) is 23.3 Å². The Balaban J connectivity index is 1.16. The van der Waals surface area contributed by atoms with Crippen molar-refractivity contribution < 1.29 is 9.53 Å². The first-order valence-electron chi connectivity index (χ1n) is 23.3. The van der Waals surface area contributed by atoms with Crippen LogP contribution < -0.4 is 0 Å². The predicted octanol–water partition coefficient (Wildman–Crippen LogP) is 15.9. The minimum Gasteiger partial charge on any atom is -0.462 e. The van der Waals surface area contributed by atoms with Gasteiger partial charge in [0.2, 0.25) is 0 Å². The van der Waals surface area contributed by atoms with E-state index < -0.39 is 0 Å².